The minimum atomic E-state index is -0.460. The summed E-state index contributed by atoms with van der Waals surface area (Å²) >= 11 is 0. The summed E-state index contributed by atoms with van der Waals surface area (Å²) in [6.45, 7) is 3.60. The first kappa shape index (κ1) is 17.6. The largest absolute Gasteiger partial charge is 0.455 e. The maximum absolute atomic E-state index is 12.1. The lowest BCUT2D eigenvalue weighted by atomic mass is 10.1. The van der Waals surface area contributed by atoms with Gasteiger partial charge in [-0.3, -0.25) is 14.6 Å². The predicted octanol–water partition coefficient (Wildman–Crippen LogP) is 3.58. The SMILES string of the molecule is Cc1cc(C)cc(NC(=O)COC(=O)Cc2cccc3cccnc23)c1. The van der Waals surface area contributed by atoms with Crippen molar-refractivity contribution in [3.63, 3.8) is 0 Å². The standard InChI is InChI=1S/C21H20N2O3/c1-14-9-15(2)11-18(10-14)23-19(24)13-26-20(25)12-17-6-3-5-16-7-4-8-22-21(16)17/h3-11H,12-13H2,1-2H3,(H,23,24). The summed E-state index contributed by atoms with van der Waals surface area (Å²) in [6, 6.07) is 15.2. The minimum absolute atomic E-state index is 0.0746. The summed E-state index contributed by atoms with van der Waals surface area (Å²) < 4.78 is 5.11. The first-order valence-corrected chi connectivity index (χ1v) is 8.37. The van der Waals surface area contributed by atoms with Crippen molar-refractivity contribution in [1.82, 2.24) is 4.98 Å². The van der Waals surface area contributed by atoms with E-state index >= 15 is 0 Å². The Labute approximate surface area is 152 Å². The van der Waals surface area contributed by atoms with E-state index in [1.807, 2.05) is 62.4 Å². The molecule has 1 N–H and O–H groups in total. The second-order valence-electron chi connectivity index (χ2n) is 6.25. The highest BCUT2D eigenvalue weighted by atomic mass is 16.5. The van der Waals surface area contributed by atoms with Crippen molar-refractivity contribution < 1.29 is 14.3 Å². The number of aryl methyl sites for hydroxylation is 2. The lowest BCUT2D eigenvalue weighted by Gasteiger charge is -2.09. The minimum Gasteiger partial charge on any atom is -0.455 e. The van der Waals surface area contributed by atoms with Crippen LogP contribution in [-0.2, 0) is 20.7 Å². The highest BCUT2D eigenvalue weighted by Crippen LogP contribution is 2.17. The Morgan fingerprint density at radius 2 is 1.77 bits per heavy atom. The van der Waals surface area contributed by atoms with Gasteiger partial charge >= 0.3 is 5.97 Å². The van der Waals surface area contributed by atoms with E-state index < -0.39 is 5.97 Å². The van der Waals surface area contributed by atoms with Gasteiger partial charge in [0.05, 0.1) is 11.9 Å². The van der Waals surface area contributed by atoms with Crippen LogP contribution in [0.25, 0.3) is 10.9 Å². The summed E-state index contributed by atoms with van der Waals surface area (Å²) in [5.74, 6) is -0.821. The molecule has 1 heterocycles. The summed E-state index contributed by atoms with van der Waals surface area (Å²) in [7, 11) is 0. The van der Waals surface area contributed by atoms with Crippen LogP contribution >= 0.6 is 0 Å². The van der Waals surface area contributed by atoms with E-state index in [2.05, 4.69) is 10.3 Å². The molecular weight excluding hydrogens is 328 g/mol. The summed E-state index contributed by atoms with van der Waals surface area (Å²) in [4.78, 5) is 28.4. The summed E-state index contributed by atoms with van der Waals surface area (Å²) in [5.41, 5.74) is 4.36. The third-order valence-corrected chi connectivity index (χ3v) is 3.92. The molecule has 0 aliphatic carbocycles. The highest BCUT2D eigenvalue weighted by molar-refractivity contribution is 5.93. The van der Waals surface area contributed by atoms with Crippen molar-refractivity contribution in [2.75, 3.05) is 11.9 Å². The number of nitrogens with zero attached hydrogens (tertiary/aromatic N) is 1. The van der Waals surface area contributed by atoms with Gasteiger partial charge in [0.15, 0.2) is 6.61 Å². The third kappa shape index (κ3) is 4.45. The molecule has 0 atom stereocenters. The number of benzene rings is 2. The van der Waals surface area contributed by atoms with Gasteiger partial charge < -0.3 is 10.1 Å². The van der Waals surface area contributed by atoms with Crippen molar-refractivity contribution in [1.29, 1.82) is 0 Å². The normalized spacial score (nSPS) is 10.5. The van der Waals surface area contributed by atoms with Crippen LogP contribution in [0.4, 0.5) is 5.69 Å². The van der Waals surface area contributed by atoms with Crippen molar-refractivity contribution in [3.05, 3.63) is 71.4 Å². The molecule has 0 unspecified atom stereocenters. The van der Waals surface area contributed by atoms with Gasteiger partial charge in [-0.05, 0) is 48.7 Å². The number of pyridine rings is 1. The molecule has 0 bridgehead atoms. The monoisotopic (exact) mass is 348 g/mol. The fraction of sp³-hybridized carbons (Fsp3) is 0.190. The zero-order valence-corrected chi connectivity index (χ0v) is 14.8. The molecule has 1 amide bonds. The van der Waals surface area contributed by atoms with Crippen LogP contribution in [0.5, 0.6) is 0 Å². The zero-order valence-electron chi connectivity index (χ0n) is 14.8. The van der Waals surface area contributed by atoms with Crippen LogP contribution in [0.3, 0.4) is 0 Å². The van der Waals surface area contributed by atoms with Gasteiger partial charge in [0, 0.05) is 17.3 Å². The van der Waals surface area contributed by atoms with Gasteiger partial charge in [-0.15, -0.1) is 0 Å². The molecule has 0 radical (unpaired) electrons. The lowest BCUT2D eigenvalue weighted by Crippen LogP contribution is -2.21. The molecule has 0 saturated carbocycles. The number of esters is 1. The Morgan fingerprint density at radius 1 is 1.04 bits per heavy atom. The number of hydrogen-bond acceptors (Lipinski definition) is 4. The Morgan fingerprint density at radius 3 is 2.54 bits per heavy atom. The van der Waals surface area contributed by atoms with Crippen molar-refractivity contribution in [2.24, 2.45) is 0 Å². The van der Waals surface area contributed by atoms with E-state index in [0.717, 1.165) is 27.6 Å². The Bertz CT molecular complexity index is 941. The van der Waals surface area contributed by atoms with E-state index in [9.17, 15) is 9.59 Å². The van der Waals surface area contributed by atoms with Gasteiger partial charge in [-0.25, -0.2) is 0 Å². The average molecular weight is 348 g/mol. The molecule has 0 aliphatic heterocycles. The molecule has 26 heavy (non-hydrogen) atoms. The topological polar surface area (TPSA) is 68.3 Å². The first-order valence-electron chi connectivity index (χ1n) is 8.37. The molecule has 0 aliphatic rings. The number of anilines is 1. The quantitative estimate of drug-likeness (QED) is 0.716. The third-order valence-electron chi connectivity index (χ3n) is 3.92. The number of para-hydroxylation sites is 1. The van der Waals surface area contributed by atoms with Crippen LogP contribution in [0.2, 0.25) is 0 Å². The van der Waals surface area contributed by atoms with E-state index in [1.54, 1.807) is 6.20 Å². The molecule has 132 valence electrons. The second kappa shape index (κ2) is 7.78. The van der Waals surface area contributed by atoms with Gasteiger partial charge in [-0.1, -0.05) is 30.3 Å². The summed E-state index contributed by atoms with van der Waals surface area (Å²) in [5, 5.41) is 3.71. The van der Waals surface area contributed by atoms with Crippen LogP contribution in [-0.4, -0.2) is 23.5 Å². The molecule has 3 rings (SSSR count). The zero-order chi connectivity index (χ0) is 18.5. The smallest absolute Gasteiger partial charge is 0.310 e. The van der Waals surface area contributed by atoms with Gasteiger partial charge in [0.25, 0.3) is 5.91 Å². The number of aromatic nitrogens is 1. The molecule has 0 spiro atoms. The Kier molecular flexibility index (Phi) is 5.27. The van der Waals surface area contributed by atoms with Crippen molar-refractivity contribution >= 4 is 28.5 Å². The van der Waals surface area contributed by atoms with Crippen LogP contribution < -0.4 is 5.32 Å². The van der Waals surface area contributed by atoms with E-state index in [0.29, 0.717) is 5.69 Å². The number of hydrogen-bond donors (Lipinski definition) is 1. The van der Waals surface area contributed by atoms with Gasteiger partial charge in [0.2, 0.25) is 0 Å². The second-order valence-corrected chi connectivity index (χ2v) is 6.25. The number of amides is 1. The fourth-order valence-electron chi connectivity index (χ4n) is 2.91. The maximum Gasteiger partial charge on any atom is 0.310 e. The number of ether oxygens (including phenoxy) is 1. The van der Waals surface area contributed by atoms with E-state index in [1.165, 1.54) is 0 Å². The molecule has 5 nitrogen and oxygen atoms in total. The summed E-state index contributed by atoms with van der Waals surface area (Å²) in [6.07, 6.45) is 1.76. The Balaban J connectivity index is 1.57. The lowest BCUT2D eigenvalue weighted by molar-refractivity contribution is -0.146. The Hall–Kier alpha value is -3.21. The van der Waals surface area contributed by atoms with E-state index in [4.69, 9.17) is 4.74 Å². The molecule has 0 fully saturated rings. The number of carbonyl (C=O) groups is 2. The number of fused-ring (bicyclic) bond motifs is 1. The maximum atomic E-state index is 12.1. The molecule has 1 aromatic heterocycles. The predicted molar refractivity (Wildman–Crippen MR) is 101 cm³/mol. The van der Waals surface area contributed by atoms with Crippen LogP contribution in [0.15, 0.2) is 54.7 Å². The molecule has 2 aromatic carbocycles. The number of nitrogens with one attached hydrogen (secondary N) is 1. The molecule has 0 saturated heterocycles. The number of carbonyl (C=O) groups excluding carboxylic acids is 2. The van der Waals surface area contributed by atoms with Gasteiger partial charge in [-0.2, -0.15) is 0 Å². The van der Waals surface area contributed by atoms with Crippen LogP contribution in [0.1, 0.15) is 16.7 Å². The first-order chi connectivity index (χ1) is 12.5. The fourth-order valence-corrected chi connectivity index (χ4v) is 2.91. The van der Waals surface area contributed by atoms with Gasteiger partial charge in [0.1, 0.15) is 0 Å². The average Bonchev–Trinajstić information content (AvgIpc) is 2.59. The van der Waals surface area contributed by atoms with Crippen molar-refractivity contribution in [3.8, 4) is 0 Å². The molecule has 3 aromatic rings. The number of rotatable bonds is 5. The molecular formula is C21H20N2O3. The van der Waals surface area contributed by atoms with Crippen molar-refractivity contribution in [2.45, 2.75) is 20.3 Å². The van der Waals surface area contributed by atoms with E-state index in [-0.39, 0.29) is 18.9 Å². The molecule has 5 heteroatoms. The van der Waals surface area contributed by atoms with Crippen LogP contribution in [0, 0.1) is 13.8 Å². The highest BCUT2D eigenvalue weighted by Gasteiger charge is 2.11.